The zero-order chi connectivity index (χ0) is 12.7. The summed E-state index contributed by atoms with van der Waals surface area (Å²) in [6.45, 7) is 5.49. The molecule has 0 spiro atoms. The van der Waals surface area contributed by atoms with Crippen molar-refractivity contribution in [1.82, 2.24) is 5.32 Å². The molecule has 4 nitrogen and oxygen atoms in total. The summed E-state index contributed by atoms with van der Waals surface area (Å²) in [5, 5.41) is 2.80. The fourth-order valence-electron chi connectivity index (χ4n) is 1.95. The molecule has 1 fully saturated rings. The van der Waals surface area contributed by atoms with Crippen molar-refractivity contribution >= 4 is 11.9 Å². The fourth-order valence-corrected chi connectivity index (χ4v) is 1.95. The van der Waals surface area contributed by atoms with Gasteiger partial charge in [0.2, 0.25) is 0 Å². The monoisotopic (exact) mass is 239 g/mol. The summed E-state index contributed by atoms with van der Waals surface area (Å²) in [7, 11) is 0. The van der Waals surface area contributed by atoms with Gasteiger partial charge in [-0.05, 0) is 25.7 Å². The molecule has 0 aromatic rings. The minimum absolute atomic E-state index is 0.210. The Labute approximate surface area is 102 Å². The fraction of sp³-hybridized carbons (Fsp3) is 0.692. The molecule has 0 aromatic heterocycles. The molecule has 0 aliphatic heterocycles. The molecule has 1 N–H and O–H groups in total. The third-order valence-electron chi connectivity index (χ3n) is 3.00. The molecule has 0 radical (unpaired) electrons. The van der Waals surface area contributed by atoms with Gasteiger partial charge in [0, 0.05) is 12.1 Å². The molecule has 4 heteroatoms. The highest BCUT2D eigenvalue weighted by Gasteiger charge is 2.14. The second kappa shape index (κ2) is 7.09. The minimum atomic E-state index is -0.516. The van der Waals surface area contributed by atoms with Gasteiger partial charge in [0.05, 0.1) is 0 Å². The third-order valence-corrected chi connectivity index (χ3v) is 3.00. The highest BCUT2D eigenvalue weighted by molar-refractivity contribution is 5.89. The molecule has 0 saturated heterocycles. The second-order valence-corrected chi connectivity index (χ2v) is 4.66. The number of rotatable bonds is 5. The average molecular weight is 239 g/mol. The van der Waals surface area contributed by atoms with Crippen LogP contribution in [0.15, 0.2) is 12.2 Å². The van der Waals surface area contributed by atoms with Gasteiger partial charge in [0.15, 0.2) is 6.61 Å². The van der Waals surface area contributed by atoms with Crippen LogP contribution in [0.1, 0.15) is 39.0 Å². The Morgan fingerprint density at radius 1 is 1.29 bits per heavy atom. The summed E-state index contributed by atoms with van der Waals surface area (Å²) >= 11 is 0. The van der Waals surface area contributed by atoms with Gasteiger partial charge in [0.25, 0.3) is 5.91 Å². The smallest absolute Gasteiger partial charge is 0.333 e. The number of hydrogen-bond acceptors (Lipinski definition) is 3. The lowest BCUT2D eigenvalue weighted by Crippen LogP contribution is -2.33. The highest BCUT2D eigenvalue weighted by Crippen LogP contribution is 2.22. The van der Waals surface area contributed by atoms with Crippen LogP contribution in [0.4, 0.5) is 0 Å². The number of carbonyl (C=O) groups is 2. The van der Waals surface area contributed by atoms with Crippen molar-refractivity contribution in [3.8, 4) is 0 Å². The Balaban J connectivity index is 2.12. The molecule has 1 amide bonds. The van der Waals surface area contributed by atoms with E-state index in [1.807, 2.05) is 0 Å². The molecule has 17 heavy (non-hydrogen) atoms. The van der Waals surface area contributed by atoms with Gasteiger partial charge in [-0.3, -0.25) is 4.79 Å². The van der Waals surface area contributed by atoms with Gasteiger partial charge >= 0.3 is 5.97 Å². The molecule has 96 valence electrons. The number of esters is 1. The maximum atomic E-state index is 11.4. The molecule has 1 aliphatic rings. The normalized spacial score (nSPS) is 16.3. The average Bonchev–Trinajstić information content (AvgIpc) is 2.34. The number of amides is 1. The third kappa shape index (κ3) is 5.52. The van der Waals surface area contributed by atoms with E-state index < -0.39 is 5.97 Å². The van der Waals surface area contributed by atoms with E-state index in [2.05, 4.69) is 11.9 Å². The van der Waals surface area contributed by atoms with Crippen LogP contribution in [0.3, 0.4) is 0 Å². The maximum absolute atomic E-state index is 11.4. The van der Waals surface area contributed by atoms with E-state index in [9.17, 15) is 9.59 Å². The van der Waals surface area contributed by atoms with E-state index in [1.54, 1.807) is 6.92 Å². The minimum Gasteiger partial charge on any atom is -0.452 e. The van der Waals surface area contributed by atoms with Crippen LogP contribution in [0, 0.1) is 5.92 Å². The van der Waals surface area contributed by atoms with Crippen molar-refractivity contribution in [2.24, 2.45) is 5.92 Å². The number of nitrogens with one attached hydrogen (secondary N) is 1. The van der Waals surface area contributed by atoms with E-state index in [4.69, 9.17) is 4.74 Å². The van der Waals surface area contributed by atoms with Crippen LogP contribution in [-0.2, 0) is 14.3 Å². The van der Waals surface area contributed by atoms with Crippen LogP contribution in [0.2, 0.25) is 0 Å². The van der Waals surface area contributed by atoms with Crippen LogP contribution in [-0.4, -0.2) is 25.0 Å². The van der Waals surface area contributed by atoms with Gasteiger partial charge in [-0.25, -0.2) is 4.79 Å². The van der Waals surface area contributed by atoms with Crippen molar-refractivity contribution in [2.75, 3.05) is 13.2 Å². The molecular weight excluding hydrogens is 218 g/mol. The van der Waals surface area contributed by atoms with E-state index in [0.717, 1.165) is 0 Å². The van der Waals surface area contributed by atoms with Crippen molar-refractivity contribution in [2.45, 2.75) is 39.0 Å². The van der Waals surface area contributed by atoms with E-state index in [1.165, 1.54) is 32.1 Å². The lowest BCUT2D eigenvalue weighted by atomic mass is 9.89. The number of carbonyl (C=O) groups excluding carboxylic acids is 2. The van der Waals surface area contributed by atoms with Gasteiger partial charge < -0.3 is 10.1 Å². The summed E-state index contributed by atoms with van der Waals surface area (Å²) in [5.41, 5.74) is 0.310. The van der Waals surface area contributed by atoms with E-state index in [-0.39, 0.29) is 12.5 Å². The van der Waals surface area contributed by atoms with Crippen molar-refractivity contribution in [3.05, 3.63) is 12.2 Å². The molecule has 0 atom stereocenters. The number of ether oxygens (including phenoxy) is 1. The second-order valence-electron chi connectivity index (χ2n) is 4.66. The molecule has 1 rings (SSSR count). The summed E-state index contributed by atoms with van der Waals surface area (Å²) in [6.07, 6.45) is 6.19. The predicted octanol–water partition coefficient (Wildman–Crippen LogP) is 1.80. The van der Waals surface area contributed by atoms with Crippen LogP contribution < -0.4 is 5.32 Å². The van der Waals surface area contributed by atoms with Gasteiger partial charge in [-0.15, -0.1) is 0 Å². The molecule has 0 bridgehead atoms. The Bertz CT molecular complexity index is 293. The summed E-state index contributed by atoms with van der Waals surface area (Å²) < 4.78 is 4.75. The first-order chi connectivity index (χ1) is 8.09. The van der Waals surface area contributed by atoms with Crippen molar-refractivity contribution < 1.29 is 14.3 Å². The maximum Gasteiger partial charge on any atom is 0.333 e. The number of hydrogen-bond donors (Lipinski definition) is 1. The summed E-state index contributed by atoms with van der Waals surface area (Å²) in [4.78, 5) is 22.4. The molecular formula is C13H21NO3. The Kier molecular flexibility index (Phi) is 5.73. The quantitative estimate of drug-likeness (QED) is 0.588. The van der Waals surface area contributed by atoms with Crippen molar-refractivity contribution in [1.29, 1.82) is 0 Å². The zero-order valence-corrected chi connectivity index (χ0v) is 10.5. The van der Waals surface area contributed by atoms with Crippen LogP contribution in [0.5, 0.6) is 0 Å². The zero-order valence-electron chi connectivity index (χ0n) is 10.5. The first-order valence-corrected chi connectivity index (χ1v) is 6.19. The predicted molar refractivity (Wildman–Crippen MR) is 65.4 cm³/mol. The van der Waals surface area contributed by atoms with Gasteiger partial charge in [0.1, 0.15) is 0 Å². The van der Waals surface area contributed by atoms with Gasteiger partial charge in [-0.2, -0.15) is 0 Å². The highest BCUT2D eigenvalue weighted by atomic mass is 16.5. The SMILES string of the molecule is C=C(C)C(=O)OCC(=O)NCC1CCCCC1. The molecule has 1 aliphatic carbocycles. The first kappa shape index (κ1) is 13.7. The summed E-state index contributed by atoms with van der Waals surface area (Å²) in [5.74, 6) is -0.160. The lowest BCUT2D eigenvalue weighted by molar-refractivity contribution is -0.144. The standard InChI is InChI=1S/C13H21NO3/c1-10(2)13(16)17-9-12(15)14-8-11-6-4-3-5-7-11/h11H,1,3-9H2,2H3,(H,14,15). The van der Waals surface area contributed by atoms with Crippen LogP contribution in [0.25, 0.3) is 0 Å². The van der Waals surface area contributed by atoms with Gasteiger partial charge in [-0.1, -0.05) is 25.8 Å². The Morgan fingerprint density at radius 3 is 2.53 bits per heavy atom. The topological polar surface area (TPSA) is 55.4 Å². The lowest BCUT2D eigenvalue weighted by Gasteiger charge is -2.21. The van der Waals surface area contributed by atoms with E-state index >= 15 is 0 Å². The first-order valence-electron chi connectivity index (χ1n) is 6.19. The molecule has 0 aromatic carbocycles. The van der Waals surface area contributed by atoms with Crippen LogP contribution >= 0.6 is 0 Å². The Morgan fingerprint density at radius 2 is 1.94 bits per heavy atom. The van der Waals surface area contributed by atoms with E-state index in [0.29, 0.717) is 18.0 Å². The molecule has 0 heterocycles. The molecule has 0 unspecified atom stereocenters. The largest absolute Gasteiger partial charge is 0.452 e. The molecule has 1 saturated carbocycles. The van der Waals surface area contributed by atoms with Crippen molar-refractivity contribution in [3.63, 3.8) is 0 Å². The summed E-state index contributed by atoms with van der Waals surface area (Å²) in [6, 6.07) is 0. The Hall–Kier alpha value is -1.32.